The van der Waals surface area contributed by atoms with Crippen LogP contribution in [0.3, 0.4) is 0 Å². The van der Waals surface area contributed by atoms with E-state index >= 15 is 0 Å². The molecule has 2 heterocycles. The monoisotopic (exact) mass is 252 g/mol. The number of hydrogen-bond donors (Lipinski definition) is 2. The molecule has 2 unspecified atom stereocenters. The molecule has 4 nitrogen and oxygen atoms in total. The van der Waals surface area contributed by atoms with Crippen molar-refractivity contribution in [2.45, 2.75) is 31.7 Å². The molecule has 94 valence electrons. The predicted octanol–water partition coefficient (Wildman–Crippen LogP) is 1.69. The number of nitrogens with two attached hydrogens (primary N) is 1. The molecule has 0 saturated carbocycles. The lowest BCUT2D eigenvalue weighted by Crippen LogP contribution is -2.44. The van der Waals surface area contributed by atoms with Crippen molar-refractivity contribution in [1.29, 1.82) is 0 Å². The topological polar surface area (TPSA) is 54.2 Å². The van der Waals surface area contributed by atoms with Crippen molar-refractivity contribution in [3.63, 3.8) is 0 Å². The van der Waals surface area contributed by atoms with Gasteiger partial charge in [0.25, 0.3) is 0 Å². The molecule has 0 radical (unpaired) electrons. The van der Waals surface area contributed by atoms with E-state index < -0.39 is 0 Å². The van der Waals surface area contributed by atoms with Gasteiger partial charge in [-0.1, -0.05) is 13.0 Å². The number of anilines is 1. The van der Waals surface area contributed by atoms with E-state index in [1.807, 2.05) is 6.07 Å². The molecule has 3 N–H and O–H groups in total. The summed E-state index contributed by atoms with van der Waals surface area (Å²) < 4.78 is 0. The van der Waals surface area contributed by atoms with Gasteiger partial charge < -0.3 is 5.43 Å². The Morgan fingerprint density at radius 1 is 1.59 bits per heavy atom. The molecule has 0 aromatic carbocycles. The number of hydrogen-bond acceptors (Lipinski definition) is 5. The van der Waals surface area contributed by atoms with E-state index in [1.165, 1.54) is 11.3 Å². The molecule has 1 aliphatic rings. The molecule has 17 heavy (non-hydrogen) atoms. The molecular weight excluding hydrogens is 232 g/mol. The molecule has 0 bridgehead atoms. The average Bonchev–Trinajstić information content (AvgIpc) is 2.35. The van der Waals surface area contributed by atoms with Crippen LogP contribution in [-0.4, -0.2) is 33.5 Å². The third-order valence-corrected chi connectivity index (χ3v) is 4.75. The Kier molecular flexibility index (Phi) is 4.25. The molecule has 5 heteroatoms. The Morgan fingerprint density at radius 3 is 3.18 bits per heavy atom. The molecule has 1 saturated heterocycles. The molecule has 1 fully saturated rings. The van der Waals surface area contributed by atoms with Gasteiger partial charge in [0.1, 0.15) is 5.82 Å². The highest BCUT2D eigenvalue weighted by atomic mass is 32.2. The fraction of sp³-hybridized carbons (Fsp3) is 0.583. The molecule has 2 atom stereocenters. The Labute approximate surface area is 107 Å². The summed E-state index contributed by atoms with van der Waals surface area (Å²) in [4.78, 5) is 6.74. The van der Waals surface area contributed by atoms with Crippen LogP contribution in [0.1, 0.15) is 19.4 Å². The van der Waals surface area contributed by atoms with E-state index in [2.05, 4.69) is 47.0 Å². The van der Waals surface area contributed by atoms with Crippen molar-refractivity contribution in [1.82, 2.24) is 9.88 Å². The Hall–Kier alpha value is -0.780. The fourth-order valence-electron chi connectivity index (χ4n) is 2.13. The van der Waals surface area contributed by atoms with Gasteiger partial charge in [0.05, 0.1) is 0 Å². The normalized spacial score (nSPS) is 25.8. The lowest BCUT2D eigenvalue weighted by molar-refractivity contribution is 0.204. The zero-order valence-electron chi connectivity index (χ0n) is 10.4. The second-order valence-electron chi connectivity index (χ2n) is 4.44. The first-order chi connectivity index (χ1) is 8.22. The van der Waals surface area contributed by atoms with Crippen molar-refractivity contribution in [3.8, 4) is 0 Å². The van der Waals surface area contributed by atoms with Gasteiger partial charge in [-0.3, -0.25) is 4.90 Å². The zero-order chi connectivity index (χ0) is 12.3. The van der Waals surface area contributed by atoms with E-state index in [9.17, 15) is 0 Å². The summed E-state index contributed by atoms with van der Waals surface area (Å²) in [7, 11) is 0. The number of nitrogens with one attached hydrogen (secondary N) is 1. The van der Waals surface area contributed by atoms with E-state index in [-0.39, 0.29) is 0 Å². The first-order valence-corrected chi connectivity index (χ1v) is 7.03. The summed E-state index contributed by atoms with van der Waals surface area (Å²) in [5.41, 5.74) is 3.84. The van der Waals surface area contributed by atoms with E-state index in [0.29, 0.717) is 11.3 Å². The fourth-order valence-corrected chi connectivity index (χ4v) is 3.30. The number of nitrogen functional groups attached to an aromatic ring is 1. The zero-order valence-corrected chi connectivity index (χ0v) is 11.2. The molecule has 1 aromatic heterocycles. The second kappa shape index (κ2) is 5.71. The molecule has 0 aliphatic carbocycles. The van der Waals surface area contributed by atoms with Crippen molar-refractivity contribution in [2.75, 3.05) is 17.7 Å². The predicted molar refractivity (Wildman–Crippen MR) is 73.8 cm³/mol. The molecule has 2 rings (SSSR count). The van der Waals surface area contributed by atoms with Crippen LogP contribution in [0.2, 0.25) is 0 Å². The van der Waals surface area contributed by atoms with Gasteiger partial charge in [0, 0.05) is 41.9 Å². The smallest absolute Gasteiger partial charge is 0.144 e. The van der Waals surface area contributed by atoms with Crippen LogP contribution >= 0.6 is 11.8 Å². The van der Waals surface area contributed by atoms with Gasteiger partial charge >= 0.3 is 0 Å². The lowest BCUT2D eigenvalue weighted by Gasteiger charge is -2.37. The first-order valence-electron chi connectivity index (χ1n) is 5.98. The number of rotatable bonds is 3. The minimum atomic E-state index is 0.597. The number of nitrogens with zero attached hydrogens (tertiary/aromatic N) is 2. The van der Waals surface area contributed by atoms with Crippen molar-refractivity contribution in [3.05, 3.63) is 23.9 Å². The highest BCUT2D eigenvalue weighted by molar-refractivity contribution is 8.00. The van der Waals surface area contributed by atoms with Gasteiger partial charge in [0.2, 0.25) is 0 Å². The highest BCUT2D eigenvalue weighted by Crippen LogP contribution is 2.26. The molecule has 1 aliphatic heterocycles. The van der Waals surface area contributed by atoms with Gasteiger partial charge in [-0.25, -0.2) is 10.8 Å². The van der Waals surface area contributed by atoms with E-state index in [0.717, 1.165) is 18.9 Å². The van der Waals surface area contributed by atoms with Gasteiger partial charge in [0.15, 0.2) is 0 Å². The van der Waals surface area contributed by atoms with E-state index in [4.69, 9.17) is 5.84 Å². The third-order valence-electron chi connectivity index (χ3n) is 3.42. The van der Waals surface area contributed by atoms with Gasteiger partial charge in [-0.2, -0.15) is 11.8 Å². The first kappa shape index (κ1) is 12.7. The number of hydrazine groups is 1. The second-order valence-corrected chi connectivity index (χ2v) is 5.93. The van der Waals surface area contributed by atoms with Crippen molar-refractivity contribution < 1.29 is 0 Å². The maximum Gasteiger partial charge on any atom is 0.144 e. The van der Waals surface area contributed by atoms with Gasteiger partial charge in [-0.15, -0.1) is 0 Å². The molecular formula is C12H20N4S. The van der Waals surface area contributed by atoms with Crippen LogP contribution in [0.15, 0.2) is 18.3 Å². The van der Waals surface area contributed by atoms with Crippen molar-refractivity contribution >= 4 is 17.6 Å². The molecule has 0 amide bonds. The minimum absolute atomic E-state index is 0.597. The van der Waals surface area contributed by atoms with Crippen LogP contribution in [0.4, 0.5) is 5.82 Å². The Morgan fingerprint density at radius 2 is 2.41 bits per heavy atom. The largest absolute Gasteiger partial charge is 0.308 e. The SMILES string of the molecule is CC1SCCN(Cc2cccnc2NN)C1C. The summed E-state index contributed by atoms with van der Waals surface area (Å²) in [5, 5.41) is 0.690. The average molecular weight is 252 g/mol. The highest BCUT2D eigenvalue weighted by Gasteiger charge is 2.25. The molecule has 1 aromatic rings. The summed E-state index contributed by atoms with van der Waals surface area (Å²) in [6.45, 7) is 6.64. The maximum absolute atomic E-state index is 5.48. The number of aromatic nitrogens is 1. The summed E-state index contributed by atoms with van der Waals surface area (Å²) >= 11 is 2.05. The molecule has 0 spiro atoms. The minimum Gasteiger partial charge on any atom is -0.308 e. The summed E-state index contributed by atoms with van der Waals surface area (Å²) in [5.74, 6) is 7.47. The Balaban J connectivity index is 2.09. The van der Waals surface area contributed by atoms with Crippen LogP contribution < -0.4 is 11.3 Å². The van der Waals surface area contributed by atoms with E-state index in [1.54, 1.807) is 6.20 Å². The van der Waals surface area contributed by atoms with Crippen LogP contribution in [0.5, 0.6) is 0 Å². The van der Waals surface area contributed by atoms with Crippen molar-refractivity contribution in [2.24, 2.45) is 5.84 Å². The Bertz CT molecular complexity index is 371. The summed E-state index contributed by atoms with van der Waals surface area (Å²) in [6, 6.07) is 4.64. The van der Waals surface area contributed by atoms with Crippen LogP contribution in [0.25, 0.3) is 0 Å². The third kappa shape index (κ3) is 2.91. The maximum atomic E-state index is 5.48. The number of pyridine rings is 1. The van der Waals surface area contributed by atoms with Gasteiger partial charge in [-0.05, 0) is 13.0 Å². The standard InChI is InChI=1S/C12H20N4S/c1-9-10(2)17-7-6-16(9)8-11-4-3-5-14-12(11)15-13/h3-5,9-10H,6-8,13H2,1-2H3,(H,14,15). The van der Waals surface area contributed by atoms with Crippen LogP contribution in [0, 0.1) is 0 Å². The summed E-state index contributed by atoms with van der Waals surface area (Å²) in [6.07, 6.45) is 1.76. The quantitative estimate of drug-likeness (QED) is 0.633. The number of thioether (sulfide) groups is 1. The van der Waals surface area contributed by atoms with Crippen LogP contribution in [-0.2, 0) is 6.54 Å². The lowest BCUT2D eigenvalue weighted by atomic mass is 10.1.